The Bertz CT molecular complexity index is 905. The van der Waals surface area contributed by atoms with Crippen LogP contribution in [0.4, 0.5) is 0 Å². The van der Waals surface area contributed by atoms with Gasteiger partial charge in [0.2, 0.25) is 11.8 Å². The first-order valence-corrected chi connectivity index (χ1v) is 10.2. The van der Waals surface area contributed by atoms with E-state index in [2.05, 4.69) is 52.6 Å². The molecule has 148 valence electrons. The molecule has 6 nitrogen and oxygen atoms in total. The lowest BCUT2D eigenvalue weighted by atomic mass is 9.84. The Morgan fingerprint density at radius 3 is 2.50 bits per heavy atom. The van der Waals surface area contributed by atoms with Crippen molar-refractivity contribution >= 4 is 0 Å². The van der Waals surface area contributed by atoms with Crippen LogP contribution in [0.25, 0.3) is 11.3 Å². The molecule has 3 aromatic rings. The Kier molecular flexibility index (Phi) is 5.57. The van der Waals surface area contributed by atoms with Crippen LogP contribution < -0.4 is 0 Å². The van der Waals surface area contributed by atoms with Gasteiger partial charge in [-0.15, -0.1) is 10.2 Å². The van der Waals surface area contributed by atoms with Gasteiger partial charge in [-0.25, -0.2) is 0 Å². The Balaban J connectivity index is 1.49. The Hall–Kier alpha value is -2.47. The summed E-state index contributed by atoms with van der Waals surface area (Å²) >= 11 is 0. The van der Waals surface area contributed by atoms with Crippen molar-refractivity contribution in [3.8, 4) is 11.3 Å². The van der Waals surface area contributed by atoms with Gasteiger partial charge < -0.3 is 4.42 Å². The maximum atomic E-state index is 5.50. The van der Waals surface area contributed by atoms with Crippen molar-refractivity contribution < 1.29 is 4.42 Å². The summed E-state index contributed by atoms with van der Waals surface area (Å²) in [7, 11) is 4.03. The third kappa shape index (κ3) is 4.33. The summed E-state index contributed by atoms with van der Waals surface area (Å²) < 4.78 is 7.39. The molecule has 0 N–H and O–H groups in total. The summed E-state index contributed by atoms with van der Waals surface area (Å²) in [6.45, 7) is 3.21. The van der Waals surface area contributed by atoms with Gasteiger partial charge in [0.05, 0.1) is 12.2 Å². The fraction of sp³-hybridized carbons (Fsp3) is 0.500. The highest BCUT2D eigenvalue weighted by atomic mass is 16.4. The highest BCUT2D eigenvalue weighted by Gasteiger charge is 2.17. The second kappa shape index (κ2) is 8.27. The van der Waals surface area contributed by atoms with E-state index in [9.17, 15) is 0 Å². The minimum atomic E-state index is 0.600. The van der Waals surface area contributed by atoms with Gasteiger partial charge in [-0.3, -0.25) is 9.58 Å². The number of aryl methyl sites for hydroxylation is 2. The van der Waals surface area contributed by atoms with Crippen molar-refractivity contribution in [1.29, 1.82) is 0 Å². The molecule has 0 radical (unpaired) electrons. The predicted octanol–water partition coefficient (Wildman–Crippen LogP) is 4.46. The molecular formula is C22H29N5O. The third-order valence-corrected chi connectivity index (χ3v) is 5.58. The van der Waals surface area contributed by atoms with Crippen molar-refractivity contribution in [2.24, 2.45) is 7.05 Å². The van der Waals surface area contributed by atoms with Crippen LogP contribution >= 0.6 is 0 Å². The summed E-state index contributed by atoms with van der Waals surface area (Å²) in [4.78, 5) is 2.17. The minimum absolute atomic E-state index is 0.600. The zero-order valence-corrected chi connectivity index (χ0v) is 17.1. The van der Waals surface area contributed by atoms with Crippen molar-refractivity contribution in [1.82, 2.24) is 24.9 Å². The quantitative estimate of drug-likeness (QED) is 0.633. The van der Waals surface area contributed by atoms with E-state index in [0.29, 0.717) is 18.3 Å². The predicted molar refractivity (Wildman–Crippen MR) is 109 cm³/mol. The molecule has 0 amide bonds. The lowest BCUT2D eigenvalue weighted by Crippen LogP contribution is -2.17. The molecule has 4 rings (SSSR count). The summed E-state index contributed by atoms with van der Waals surface area (Å²) in [5.74, 6) is 1.97. The highest BCUT2D eigenvalue weighted by molar-refractivity contribution is 5.63. The Morgan fingerprint density at radius 2 is 1.82 bits per heavy atom. The van der Waals surface area contributed by atoms with Gasteiger partial charge >= 0.3 is 0 Å². The largest absolute Gasteiger partial charge is 0.424 e. The fourth-order valence-electron chi connectivity index (χ4n) is 4.22. The van der Waals surface area contributed by atoms with Crippen LogP contribution in [0, 0.1) is 6.92 Å². The minimum Gasteiger partial charge on any atom is -0.424 e. The molecule has 1 fully saturated rings. The van der Waals surface area contributed by atoms with Crippen LogP contribution in [-0.4, -0.2) is 31.9 Å². The molecular weight excluding hydrogens is 350 g/mol. The van der Waals surface area contributed by atoms with Gasteiger partial charge in [-0.05, 0) is 31.4 Å². The summed E-state index contributed by atoms with van der Waals surface area (Å²) in [5.41, 5.74) is 4.90. The molecule has 0 saturated heterocycles. The first-order chi connectivity index (χ1) is 13.6. The van der Waals surface area contributed by atoms with E-state index in [1.165, 1.54) is 48.8 Å². The molecule has 0 bridgehead atoms. The average molecular weight is 380 g/mol. The Labute approximate surface area is 166 Å². The molecule has 2 aromatic heterocycles. The number of hydrogen-bond acceptors (Lipinski definition) is 5. The van der Waals surface area contributed by atoms with E-state index in [4.69, 9.17) is 9.52 Å². The van der Waals surface area contributed by atoms with Gasteiger partial charge in [0.15, 0.2) is 0 Å². The van der Waals surface area contributed by atoms with Crippen molar-refractivity contribution in [2.75, 3.05) is 7.05 Å². The summed E-state index contributed by atoms with van der Waals surface area (Å²) in [5, 5.41) is 12.7. The molecule has 1 aromatic carbocycles. The highest BCUT2D eigenvalue weighted by Crippen LogP contribution is 2.34. The lowest BCUT2D eigenvalue weighted by Gasteiger charge is -2.22. The number of nitrogens with zero attached hydrogens (tertiary/aromatic N) is 5. The number of aromatic nitrogens is 4. The summed E-state index contributed by atoms with van der Waals surface area (Å²) in [6, 6.07) is 9.07. The second-order valence-corrected chi connectivity index (χ2v) is 8.02. The topological polar surface area (TPSA) is 60.0 Å². The van der Waals surface area contributed by atoms with E-state index >= 15 is 0 Å². The molecule has 0 aliphatic heterocycles. The fourth-order valence-corrected chi connectivity index (χ4v) is 4.22. The van der Waals surface area contributed by atoms with E-state index in [1.807, 2.05) is 18.7 Å². The maximum Gasteiger partial charge on any atom is 0.230 e. The van der Waals surface area contributed by atoms with E-state index in [0.717, 1.165) is 18.2 Å². The normalized spacial score (nSPS) is 15.4. The van der Waals surface area contributed by atoms with Gasteiger partial charge in [-0.1, -0.05) is 43.5 Å². The molecule has 2 heterocycles. The van der Waals surface area contributed by atoms with Gasteiger partial charge in [-0.2, -0.15) is 5.10 Å². The summed E-state index contributed by atoms with van der Waals surface area (Å²) in [6.07, 6.45) is 8.87. The van der Waals surface area contributed by atoms with Crippen molar-refractivity contribution in [3.63, 3.8) is 0 Å². The van der Waals surface area contributed by atoms with Crippen molar-refractivity contribution in [3.05, 3.63) is 53.4 Å². The maximum absolute atomic E-state index is 5.50. The van der Waals surface area contributed by atoms with Gasteiger partial charge in [0, 0.05) is 37.8 Å². The lowest BCUT2D eigenvalue weighted by molar-refractivity contribution is 0.279. The zero-order chi connectivity index (χ0) is 19.5. The van der Waals surface area contributed by atoms with Crippen LogP contribution in [0.2, 0.25) is 0 Å². The van der Waals surface area contributed by atoms with Crippen molar-refractivity contribution in [2.45, 2.75) is 58.0 Å². The molecule has 1 aliphatic carbocycles. The van der Waals surface area contributed by atoms with E-state index in [-0.39, 0.29) is 0 Å². The second-order valence-electron chi connectivity index (χ2n) is 8.02. The van der Waals surface area contributed by atoms with Crippen LogP contribution in [0.1, 0.15) is 60.9 Å². The van der Waals surface area contributed by atoms with E-state index in [1.54, 1.807) is 0 Å². The van der Waals surface area contributed by atoms with Crippen LogP contribution in [0.5, 0.6) is 0 Å². The number of rotatable bonds is 6. The van der Waals surface area contributed by atoms with Crippen LogP contribution in [-0.2, 0) is 20.1 Å². The molecule has 6 heteroatoms. The first kappa shape index (κ1) is 18.9. The van der Waals surface area contributed by atoms with Crippen LogP contribution in [0.3, 0.4) is 0 Å². The zero-order valence-electron chi connectivity index (χ0n) is 17.1. The van der Waals surface area contributed by atoms with Gasteiger partial charge in [0.25, 0.3) is 0 Å². The number of benzene rings is 1. The molecule has 0 atom stereocenters. The third-order valence-electron chi connectivity index (χ3n) is 5.58. The van der Waals surface area contributed by atoms with Gasteiger partial charge in [0.1, 0.15) is 0 Å². The molecule has 0 spiro atoms. The average Bonchev–Trinajstić information content (AvgIpc) is 3.27. The van der Waals surface area contributed by atoms with Crippen LogP contribution in [0.15, 0.2) is 34.9 Å². The first-order valence-electron chi connectivity index (χ1n) is 10.2. The standard InChI is InChI=1S/C22H29N5O/c1-16-23-24-21(28-16)15-26(2)13-20-14-27(3)25-22(20)19-11-9-18(10-12-19)17-7-5-4-6-8-17/h9-12,14,17H,4-8,13,15H2,1-3H3. The SMILES string of the molecule is Cc1nnc(CN(C)Cc2cn(C)nc2-c2ccc(C3CCCCC3)cc2)o1. The molecule has 0 unspecified atom stereocenters. The number of hydrogen-bond donors (Lipinski definition) is 0. The molecule has 1 saturated carbocycles. The van der Waals surface area contributed by atoms with E-state index < -0.39 is 0 Å². The molecule has 1 aliphatic rings. The monoisotopic (exact) mass is 379 g/mol. The smallest absolute Gasteiger partial charge is 0.230 e. The Morgan fingerprint density at radius 1 is 1.07 bits per heavy atom. The molecule has 28 heavy (non-hydrogen) atoms.